The van der Waals surface area contributed by atoms with Crippen LogP contribution in [0.15, 0.2) is 18.2 Å². The van der Waals surface area contributed by atoms with Crippen molar-refractivity contribution in [2.24, 2.45) is 5.73 Å². The lowest BCUT2D eigenvalue weighted by molar-refractivity contribution is 0.429. The number of hydrogen-bond donors (Lipinski definition) is 2. The van der Waals surface area contributed by atoms with Gasteiger partial charge in [0.05, 0.1) is 6.17 Å². The molecule has 0 amide bonds. The van der Waals surface area contributed by atoms with Crippen LogP contribution in [-0.2, 0) is 6.42 Å². The third-order valence-corrected chi connectivity index (χ3v) is 3.25. The topological polar surface area (TPSA) is 38.0 Å². The molecule has 0 saturated carbocycles. The lowest BCUT2D eigenvalue weighted by Crippen LogP contribution is -2.43. The molecule has 4 heteroatoms. The van der Waals surface area contributed by atoms with E-state index in [1.54, 1.807) is 0 Å². The van der Waals surface area contributed by atoms with Crippen molar-refractivity contribution in [1.82, 2.24) is 5.32 Å². The predicted octanol–water partition coefficient (Wildman–Crippen LogP) is 2.32. The van der Waals surface area contributed by atoms with Crippen molar-refractivity contribution < 1.29 is 8.78 Å². The van der Waals surface area contributed by atoms with E-state index in [9.17, 15) is 8.78 Å². The smallest absolute Gasteiger partial charge is 0.129 e. The van der Waals surface area contributed by atoms with Gasteiger partial charge in [-0.05, 0) is 30.9 Å². The average molecular weight is 240 g/mol. The number of rotatable bonds is 2. The Bertz CT molecular complexity index is 382. The Hall–Kier alpha value is -1.00. The van der Waals surface area contributed by atoms with Crippen LogP contribution in [-0.4, -0.2) is 12.2 Å². The summed E-state index contributed by atoms with van der Waals surface area (Å²) < 4.78 is 26.3. The minimum atomic E-state index is -0.531. The third kappa shape index (κ3) is 3.48. The summed E-state index contributed by atoms with van der Waals surface area (Å²) in [7, 11) is 0. The van der Waals surface area contributed by atoms with Crippen LogP contribution in [0.25, 0.3) is 0 Å². The normalized spacial score (nSPS) is 25.6. The highest BCUT2D eigenvalue weighted by Gasteiger charge is 2.18. The van der Waals surface area contributed by atoms with E-state index in [2.05, 4.69) is 5.32 Å². The van der Waals surface area contributed by atoms with Gasteiger partial charge in [0.2, 0.25) is 0 Å². The van der Waals surface area contributed by atoms with Gasteiger partial charge in [-0.25, -0.2) is 8.78 Å². The molecule has 0 aliphatic carbocycles. The van der Waals surface area contributed by atoms with E-state index in [-0.39, 0.29) is 12.2 Å². The fourth-order valence-electron chi connectivity index (χ4n) is 2.34. The molecule has 2 nitrogen and oxygen atoms in total. The molecule has 1 aliphatic rings. The maximum atomic E-state index is 13.5. The molecule has 2 atom stereocenters. The molecule has 1 saturated heterocycles. The van der Waals surface area contributed by atoms with Gasteiger partial charge in [-0.3, -0.25) is 5.32 Å². The summed E-state index contributed by atoms with van der Waals surface area (Å²) in [5, 5.41) is 3.29. The van der Waals surface area contributed by atoms with Gasteiger partial charge >= 0.3 is 0 Å². The largest absolute Gasteiger partial charge is 0.316 e. The van der Waals surface area contributed by atoms with Crippen LogP contribution in [0.4, 0.5) is 8.78 Å². The molecule has 3 N–H and O–H groups in total. The highest BCUT2D eigenvalue weighted by Crippen LogP contribution is 2.17. The molecule has 1 aromatic carbocycles. The Morgan fingerprint density at radius 1 is 1.24 bits per heavy atom. The van der Waals surface area contributed by atoms with E-state index in [4.69, 9.17) is 5.73 Å². The van der Waals surface area contributed by atoms with Crippen LogP contribution in [0, 0.1) is 11.6 Å². The average Bonchev–Trinajstić information content (AvgIpc) is 2.47. The summed E-state index contributed by atoms with van der Waals surface area (Å²) in [6.07, 6.45) is 4.73. The van der Waals surface area contributed by atoms with Crippen molar-refractivity contribution in [3.05, 3.63) is 35.4 Å². The summed E-state index contributed by atoms with van der Waals surface area (Å²) in [5.41, 5.74) is 6.43. The van der Waals surface area contributed by atoms with E-state index in [1.807, 2.05) is 0 Å². The molecular formula is C13H18F2N2. The zero-order valence-corrected chi connectivity index (χ0v) is 9.76. The van der Waals surface area contributed by atoms with Crippen LogP contribution in [0.3, 0.4) is 0 Å². The monoisotopic (exact) mass is 240 g/mol. The second-order valence-electron chi connectivity index (χ2n) is 4.69. The van der Waals surface area contributed by atoms with Gasteiger partial charge in [0, 0.05) is 12.1 Å². The molecule has 1 aromatic rings. The summed E-state index contributed by atoms with van der Waals surface area (Å²) in [5.74, 6) is -0.999. The number of benzene rings is 1. The number of nitrogens with two attached hydrogens (primary N) is 1. The zero-order chi connectivity index (χ0) is 12.3. The van der Waals surface area contributed by atoms with E-state index < -0.39 is 11.6 Å². The third-order valence-electron chi connectivity index (χ3n) is 3.25. The predicted molar refractivity (Wildman–Crippen MR) is 63.4 cm³/mol. The van der Waals surface area contributed by atoms with E-state index in [1.165, 1.54) is 12.1 Å². The zero-order valence-electron chi connectivity index (χ0n) is 9.76. The molecule has 2 unspecified atom stereocenters. The van der Waals surface area contributed by atoms with Crippen LogP contribution < -0.4 is 11.1 Å². The molecule has 0 spiro atoms. The van der Waals surface area contributed by atoms with E-state index in [0.717, 1.165) is 31.7 Å². The molecule has 94 valence electrons. The van der Waals surface area contributed by atoms with Gasteiger partial charge in [-0.1, -0.05) is 18.9 Å². The minimum Gasteiger partial charge on any atom is -0.316 e. The van der Waals surface area contributed by atoms with Gasteiger partial charge < -0.3 is 5.73 Å². The fraction of sp³-hybridized carbons (Fsp3) is 0.538. The maximum absolute atomic E-state index is 13.5. The molecule has 0 bridgehead atoms. The Kier molecular flexibility index (Phi) is 4.07. The molecule has 1 heterocycles. The first kappa shape index (κ1) is 12.5. The first-order chi connectivity index (χ1) is 8.15. The second-order valence-corrected chi connectivity index (χ2v) is 4.69. The van der Waals surface area contributed by atoms with Crippen LogP contribution >= 0.6 is 0 Å². The number of hydrogen-bond acceptors (Lipinski definition) is 2. The highest BCUT2D eigenvalue weighted by atomic mass is 19.1. The van der Waals surface area contributed by atoms with Crippen LogP contribution in [0.1, 0.15) is 31.2 Å². The second kappa shape index (κ2) is 5.56. The maximum Gasteiger partial charge on any atom is 0.129 e. The number of nitrogens with one attached hydrogen (secondary N) is 1. The van der Waals surface area contributed by atoms with Crippen molar-refractivity contribution in [2.75, 3.05) is 0 Å². The minimum absolute atomic E-state index is 0.00832. The van der Waals surface area contributed by atoms with E-state index in [0.29, 0.717) is 12.0 Å². The Labute approximate surface area is 100 Å². The van der Waals surface area contributed by atoms with Crippen molar-refractivity contribution in [3.63, 3.8) is 0 Å². The van der Waals surface area contributed by atoms with Gasteiger partial charge in [0.25, 0.3) is 0 Å². The van der Waals surface area contributed by atoms with E-state index >= 15 is 0 Å². The van der Waals surface area contributed by atoms with Crippen LogP contribution in [0.5, 0.6) is 0 Å². The molecule has 0 radical (unpaired) electrons. The summed E-state index contributed by atoms with van der Waals surface area (Å²) in [6.45, 7) is 0. The number of halogens is 2. The molecule has 1 aliphatic heterocycles. The van der Waals surface area contributed by atoms with Crippen molar-refractivity contribution >= 4 is 0 Å². The Balaban J connectivity index is 2.03. The van der Waals surface area contributed by atoms with Gasteiger partial charge in [0.1, 0.15) is 11.6 Å². The molecule has 17 heavy (non-hydrogen) atoms. The van der Waals surface area contributed by atoms with Gasteiger partial charge in [-0.2, -0.15) is 0 Å². The van der Waals surface area contributed by atoms with Gasteiger partial charge in [-0.15, -0.1) is 0 Å². The molecular weight excluding hydrogens is 222 g/mol. The molecule has 0 aromatic heterocycles. The lowest BCUT2D eigenvalue weighted by Gasteiger charge is -2.19. The summed E-state index contributed by atoms with van der Waals surface area (Å²) in [4.78, 5) is 0. The van der Waals surface area contributed by atoms with Crippen LogP contribution in [0.2, 0.25) is 0 Å². The van der Waals surface area contributed by atoms with Crippen molar-refractivity contribution in [1.29, 1.82) is 0 Å². The lowest BCUT2D eigenvalue weighted by atomic mass is 10.0. The Morgan fingerprint density at radius 3 is 2.76 bits per heavy atom. The first-order valence-corrected chi connectivity index (χ1v) is 6.10. The summed E-state index contributed by atoms with van der Waals surface area (Å²) >= 11 is 0. The standard InChI is InChI=1S/C13H18F2N2/c14-10-6-5-9(12(15)8-10)7-11-3-1-2-4-13(16)17-11/h5-6,8,11,13,17H,1-4,7,16H2. The first-order valence-electron chi connectivity index (χ1n) is 6.10. The van der Waals surface area contributed by atoms with Gasteiger partial charge in [0.15, 0.2) is 0 Å². The highest BCUT2D eigenvalue weighted by molar-refractivity contribution is 5.19. The molecule has 2 rings (SSSR count). The summed E-state index contributed by atoms with van der Waals surface area (Å²) in [6, 6.07) is 3.94. The molecule has 1 fully saturated rings. The van der Waals surface area contributed by atoms with Crippen molar-refractivity contribution in [3.8, 4) is 0 Å². The Morgan fingerprint density at radius 2 is 2.00 bits per heavy atom. The van der Waals surface area contributed by atoms with Crippen molar-refractivity contribution in [2.45, 2.75) is 44.3 Å². The fourth-order valence-corrected chi connectivity index (χ4v) is 2.34. The SMILES string of the molecule is NC1CCCCC(Cc2ccc(F)cc2F)N1. The quantitative estimate of drug-likeness (QED) is 0.832.